The number of nitrogens with one attached hydrogen (secondary N) is 1. The number of sulfonamides is 1. The van der Waals surface area contributed by atoms with Crippen molar-refractivity contribution in [2.24, 2.45) is 0 Å². The minimum absolute atomic E-state index is 0.127. The molecule has 0 aliphatic carbocycles. The fraction of sp³-hybridized carbons (Fsp3) is 0.462. The average molecular weight is 337 g/mol. The summed E-state index contributed by atoms with van der Waals surface area (Å²) in [5.74, 6) is -1.22. The summed E-state index contributed by atoms with van der Waals surface area (Å²) in [5, 5.41) is 2.81. The number of rotatable bonds is 7. The van der Waals surface area contributed by atoms with Gasteiger partial charge in [0.2, 0.25) is 10.0 Å². The number of amides is 1. The number of carbonyl (C=O) groups excluding carboxylic acids is 1. The van der Waals surface area contributed by atoms with Gasteiger partial charge in [-0.1, -0.05) is 18.5 Å². The molecule has 21 heavy (non-hydrogen) atoms. The van der Waals surface area contributed by atoms with E-state index in [1.165, 1.54) is 16.4 Å². The first-order valence-electron chi connectivity index (χ1n) is 6.44. The predicted octanol–water partition coefficient (Wildman–Crippen LogP) is 1.88. The first-order valence-corrected chi connectivity index (χ1v) is 8.66. The minimum Gasteiger partial charge on any atom is -0.352 e. The van der Waals surface area contributed by atoms with Crippen molar-refractivity contribution in [1.82, 2.24) is 9.62 Å². The number of nitrogens with zero attached hydrogens (tertiary/aromatic N) is 1. The Labute approximate surface area is 129 Å². The molecule has 0 unspecified atom stereocenters. The summed E-state index contributed by atoms with van der Waals surface area (Å²) in [5.41, 5.74) is -0.127. The molecule has 0 atom stereocenters. The standard InChI is InChI=1S/C13H18ClFN2O3S/c1-3-17(21(2,19)20)8-4-7-16-13(18)11-9-10(14)5-6-12(11)15/h5-6,9H,3-4,7-8H2,1-2H3,(H,16,18). The Morgan fingerprint density at radius 2 is 2.10 bits per heavy atom. The van der Waals surface area contributed by atoms with Gasteiger partial charge in [0.25, 0.3) is 5.91 Å². The topological polar surface area (TPSA) is 66.5 Å². The SMILES string of the molecule is CCN(CCCNC(=O)c1cc(Cl)ccc1F)S(C)(=O)=O. The summed E-state index contributed by atoms with van der Waals surface area (Å²) >= 11 is 5.71. The molecule has 118 valence electrons. The maximum absolute atomic E-state index is 13.5. The van der Waals surface area contributed by atoms with E-state index in [1.54, 1.807) is 6.92 Å². The van der Waals surface area contributed by atoms with Gasteiger partial charge in [-0.2, -0.15) is 0 Å². The van der Waals surface area contributed by atoms with Crippen molar-refractivity contribution in [3.8, 4) is 0 Å². The van der Waals surface area contributed by atoms with Crippen LogP contribution in [0.4, 0.5) is 4.39 Å². The van der Waals surface area contributed by atoms with Crippen LogP contribution in [0.25, 0.3) is 0 Å². The summed E-state index contributed by atoms with van der Waals surface area (Å²) in [7, 11) is -3.24. The van der Waals surface area contributed by atoms with Gasteiger partial charge in [-0.15, -0.1) is 0 Å². The van der Waals surface area contributed by atoms with Gasteiger partial charge in [0.1, 0.15) is 5.82 Å². The Balaban J connectivity index is 2.49. The van der Waals surface area contributed by atoms with Crippen LogP contribution in [0.3, 0.4) is 0 Å². The zero-order valence-corrected chi connectivity index (χ0v) is 13.5. The van der Waals surface area contributed by atoms with Gasteiger partial charge < -0.3 is 5.32 Å². The molecular weight excluding hydrogens is 319 g/mol. The molecule has 0 bridgehead atoms. The minimum atomic E-state index is -3.24. The molecule has 1 rings (SSSR count). The normalized spacial score (nSPS) is 11.7. The summed E-state index contributed by atoms with van der Waals surface area (Å²) in [4.78, 5) is 11.8. The van der Waals surface area contributed by atoms with Crippen molar-refractivity contribution in [3.05, 3.63) is 34.6 Å². The highest BCUT2D eigenvalue weighted by Crippen LogP contribution is 2.14. The fourth-order valence-corrected chi connectivity index (χ4v) is 2.88. The van der Waals surface area contributed by atoms with E-state index < -0.39 is 21.7 Å². The highest BCUT2D eigenvalue weighted by atomic mass is 35.5. The van der Waals surface area contributed by atoms with Crippen molar-refractivity contribution < 1.29 is 17.6 Å². The van der Waals surface area contributed by atoms with Crippen LogP contribution in [0.2, 0.25) is 5.02 Å². The van der Waals surface area contributed by atoms with Gasteiger partial charge in [0.05, 0.1) is 11.8 Å². The maximum Gasteiger partial charge on any atom is 0.254 e. The zero-order chi connectivity index (χ0) is 16.0. The van der Waals surface area contributed by atoms with Crippen molar-refractivity contribution in [2.75, 3.05) is 25.9 Å². The summed E-state index contributed by atoms with van der Waals surface area (Å²) in [6.07, 6.45) is 1.57. The van der Waals surface area contributed by atoms with Crippen LogP contribution >= 0.6 is 11.6 Å². The molecule has 0 heterocycles. The molecule has 0 saturated heterocycles. The third-order valence-corrected chi connectivity index (χ3v) is 4.48. The van der Waals surface area contributed by atoms with E-state index in [9.17, 15) is 17.6 Å². The van der Waals surface area contributed by atoms with Gasteiger partial charge in [-0.05, 0) is 24.6 Å². The molecule has 5 nitrogen and oxygen atoms in total. The molecule has 1 N–H and O–H groups in total. The molecule has 1 aromatic carbocycles. The average Bonchev–Trinajstić information content (AvgIpc) is 2.39. The first kappa shape index (κ1) is 17.9. The second-order valence-corrected chi connectivity index (χ2v) is 6.91. The van der Waals surface area contributed by atoms with Crippen molar-refractivity contribution >= 4 is 27.5 Å². The first-order chi connectivity index (χ1) is 9.75. The van der Waals surface area contributed by atoms with Gasteiger partial charge in [0, 0.05) is 24.7 Å². The second-order valence-electron chi connectivity index (χ2n) is 4.49. The fourth-order valence-electron chi connectivity index (χ4n) is 1.78. The maximum atomic E-state index is 13.5. The highest BCUT2D eigenvalue weighted by Gasteiger charge is 2.15. The number of carbonyl (C=O) groups is 1. The Hall–Kier alpha value is -1.18. The highest BCUT2D eigenvalue weighted by molar-refractivity contribution is 7.88. The Morgan fingerprint density at radius 1 is 1.43 bits per heavy atom. The molecule has 0 fully saturated rings. The van der Waals surface area contributed by atoms with E-state index >= 15 is 0 Å². The lowest BCUT2D eigenvalue weighted by Gasteiger charge is -2.17. The molecule has 0 saturated carbocycles. The molecular formula is C13H18ClFN2O3S. The molecule has 0 aliphatic heterocycles. The van der Waals surface area contributed by atoms with Gasteiger partial charge >= 0.3 is 0 Å². The summed E-state index contributed by atoms with van der Waals surface area (Å²) in [6, 6.07) is 3.74. The van der Waals surface area contributed by atoms with E-state index in [0.717, 1.165) is 12.3 Å². The Bertz CT molecular complexity index is 607. The monoisotopic (exact) mass is 336 g/mol. The van der Waals surface area contributed by atoms with Crippen LogP contribution in [0.15, 0.2) is 18.2 Å². The smallest absolute Gasteiger partial charge is 0.254 e. The third-order valence-electron chi connectivity index (χ3n) is 2.86. The Kier molecular flexibility index (Phi) is 6.57. The van der Waals surface area contributed by atoms with Crippen LogP contribution in [-0.2, 0) is 10.0 Å². The molecule has 1 aromatic rings. The van der Waals surface area contributed by atoms with Crippen LogP contribution in [0.5, 0.6) is 0 Å². The van der Waals surface area contributed by atoms with Crippen LogP contribution < -0.4 is 5.32 Å². The van der Waals surface area contributed by atoms with Crippen molar-refractivity contribution in [3.63, 3.8) is 0 Å². The van der Waals surface area contributed by atoms with Crippen LogP contribution in [-0.4, -0.2) is 44.5 Å². The van der Waals surface area contributed by atoms with E-state index in [4.69, 9.17) is 11.6 Å². The molecule has 8 heteroatoms. The summed E-state index contributed by atoms with van der Waals surface area (Å²) in [6.45, 7) is 2.65. The van der Waals surface area contributed by atoms with Crippen LogP contribution in [0, 0.1) is 5.82 Å². The van der Waals surface area contributed by atoms with Crippen molar-refractivity contribution in [2.45, 2.75) is 13.3 Å². The quantitative estimate of drug-likeness (QED) is 0.773. The number of hydrogen-bond acceptors (Lipinski definition) is 3. The number of halogens is 2. The lowest BCUT2D eigenvalue weighted by molar-refractivity contribution is 0.0949. The molecule has 1 amide bonds. The van der Waals surface area contributed by atoms with E-state index in [0.29, 0.717) is 19.5 Å². The van der Waals surface area contributed by atoms with Gasteiger partial charge in [-0.3, -0.25) is 4.79 Å². The van der Waals surface area contributed by atoms with Crippen molar-refractivity contribution in [1.29, 1.82) is 0 Å². The lowest BCUT2D eigenvalue weighted by Crippen LogP contribution is -2.33. The Morgan fingerprint density at radius 3 is 2.67 bits per heavy atom. The zero-order valence-electron chi connectivity index (χ0n) is 11.9. The largest absolute Gasteiger partial charge is 0.352 e. The van der Waals surface area contributed by atoms with E-state index in [1.807, 2.05) is 0 Å². The van der Waals surface area contributed by atoms with Gasteiger partial charge in [-0.25, -0.2) is 17.1 Å². The molecule has 0 spiro atoms. The molecule has 0 aromatic heterocycles. The van der Waals surface area contributed by atoms with E-state index in [-0.39, 0.29) is 17.1 Å². The second kappa shape index (κ2) is 7.72. The van der Waals surface area contributed by atoms with Crippen LogP contribution in [0.1, 0.15) is 23.7 Å². The predicted molar refractivity (Wildman–Crippen MR) is 80.5 cm³/mol. The van der Waals surface area contributed by atoms with E-state index in [2.05, 4.69) is 5.32 Å². The molecule has 0 radical (unpaired) electrons. The number of benzene rings is 1. The summed E-state index contributed by atoms with van der Waals surface area (Å²) < 4.78 is 37.5. The number of hydrogen-bond donors (Lipinski definition) is 1. The van der Waals surface area contributed by atoms with Gasteiger partial charge in [0.15, 0.2) is 0 Å². The lowest BCUT2D eigenvalue weighted by atomic mass is 10.2. The third kappa shape index (κ3) is 5.61. The molecule has 0 aliphatic rings.